The monoisotopic (exact) mass is 331 g/mol. The lowest BCUT2D eigenvalue weighted by Gasteiger charge is -2.34. The van der Waals surface area contributed by atoms with Gasteiger partial charge in [-0.1, -0.05) is 24.3 Å². The average Bonchev–Trinajstić information content (AvgIpc) is 2.90. The molecule has 2 aromatic carbocycles. The number of nitrogens with one attached hydrogen (secondary N) is 1. The van der Waals surface area contributed by atoms with Crippen LogP contribution in [-0.4, -0.2) is 26.8 Å². The Morgan fingerprint density at radius 3 is 2.60 bits per heavy atom. The van der Waals surface area contributed by atoms with Crippen LogP contribution in [0.15, 0.2) is 47.3 Å². The highest BCUT2D eigenvalue weighted by atomic mass is 16.2. The third kappa shape index (κ3) is 2.12. The maximum Gasteiger partial charge on any atom is 0.274 e. The quantitative estimate of drug-likeness (QED) is 0.785. The number of rotatable bonds is 2. The molecular weight excluding hydrogens is 314 g/mol. The molecule has 1 N–H and O–H groups in total. The SMILES string of the molecule is O=C1c2cccc(-c3nc4ccccc4[nH]c3=O)c2CN1C1CCC1. The van der Waals surface area contributed by atoms with Crippen LogP contribution in [0.3, 0.4) is 0 Å². The summed E-state index contributed by atoms with van der Waals surface area (Å²) in [6, 6.07) is 13.4. The van der Waals surface area contributed by atoms with E-state index in [9.17, 15) is 9.59 Å². The molecule has 1 amide bonds. The zero-order chi connectivity index (χ0) is 17.0. The highest BCUT2D eigenvalue weighted by Gasteiger charge is 2.36. The van der Waals surface area contributed by atoms with Crippen LogP contribution in [0, 0.1) is 0 Å². The first-order valence-electron chi connectivity index (χ1n) is 8.64. The van der Waals surface area contributed by atoms with Crippen molar-refractivity contribution in [2.24, 2.45) is 0 Å². The number of amides is 1. The molecule has 0 radical (unpaired) electrons. The number of H-pyrrole nitrogens is 1. The third-order valence-corrected chi connectivity index (χ3v) is 5.37. The largest absolute Gasteiger partial charge is 0.331 e. The summed E-state index contributed by atoms with van der Waals surface area (Å²) in [5.74, 6) is 0.0822. The fourth-order valence-electron chi connectivity index (χ4n) is 3.78. The Balaban J connectivity index is 1.67. The number of fused-ring (bicyclic) bond motifs is 2. The van der Waals surface area contributed by atoms with Gasteiger partial charge in [-0.25, -0.2) is 4.98 Å². The number of carbonyl (C=O) groups excluding carboxylic acids is 1. The van der Waals surface area contributed by atoms with Gasteiger partial charge in [0.1, 0.15) is 5.69 Å². The smallest absolute Gasteiger partial charge is 0.274 e. The lowest BCUT2D eigenvalue weighted by molar-refractivity contribution is 0.0606. The van der Waals surface area contributed by atoms with Gasteiger partial charge in [0.05, 0.1) is 11.0 Å². The second-order valence-corrected chi connectivity index (χ2v) is 6.78. The van der Waals surface area contributed by atoms with E-state index in [-0.39, 0.29) is 11.5 Å². The molecule has 124 valence electrons. The summed E-state index contributed by atoms with van der Waals surface area (Å²) < 4.78 is 0. The minimum Gasteiger partial charge on any atom is -0.331 e. The second-order valence-electron chi connectivity index (χ2n) is 6.78. The molecule has 5 nitrogen and oxygen atoms in total. The Hall–Kier alpha value is -2.95. The molecule has 0 saturated heterocycles. The van der Waals surface area contributed by atoms with E-state index in [2.05, 4.69) is 9.97 Å². The van der Waals surface area contributed by atoms with Gasteiger partial charge in [0, 0.05) is 23.7 Å². The topological polar surface area (TPSA) is 66.1 Å². The Kier molecular flexibility index (Phi) is 3.04. The van der Waals surface area contributed by atoms with Gasteiger partial charge in [-0.15, -0.1) is 0 Å². The van der Waals surface area contributed by atoms with Crippen molar-refractivity contribution in [3.8, 4) is 11.3 Å². The molecule has 0 spiro atoms. The molecular formula is C20H17N3O2. The minimum atomic E-state index is -0.221. The number of nitrogens with zero attached hydrogens (tertiary/aromatic N) is 2. The Morgan fingerprint density at radius 2 is 1.80 bits per heavy atom. The molecule has 25 heavy (non-hydrogen) atoms. The van der Waals surface area contributed by atoms with Crippen LogP contribution in [0.2, 0.25) is 0 Å². The maximum atomic E-state index is 12.7. The molecule has 5 heteroatoms. The molecule has 1 saturated carbocycles. The van der Waals surface area contributed by atoms with Crippen LogP contribution in [0.25, 0.3) is 22.3 Å². The molecule has 1 aliphatic carbocycles. The van der Waals surface area contributed by atoms with Crippen molar-refractivity contribution in [2.75, 3.05) is 0 Å². The zero-order valence-electron chi connectivity index (χ0n) is 13.7. The fourth-order valence-corrected chi connectivity index (χ4v) is 3.78. The first kappa shape index (κ1) is 14.4. The summed E-state index contributed by atoms with van der Waals surface area (Å²) in [6.07, 6.45) is 3.33. The first-order valence-corrected chi connectivity index (χ1v) is 8.64. The number of aromatic nitrogens is 2. The summed E-state index contributed by atoms with van der Waals surface area (Å²) in [6.45, 7) is 0.572. The van der Waals surface area contributed by atoms with Crippen molar-refractivity contribution in [3.63, 3.8) is 0 Å². The lowest BCUT2D eigenvalue weighted by Crippen LogP contribution is -2.40. The third-order valence-electron chi connectivity index (χ3n) is 5.37. The van der Waals surface area contributed by atoms with Crippen molar-refractivity contribution in [1.29, 1.82) is 0 Å². The van der Waals surface area contributed by atoms with Gasteiger partial charge in [0.25, 0.3) is 11.5 Å². The second kappa shape index (κ2) is 5.28. The van der Waals surface area contributed by atoms with Crippen LogP contribution >= 0.6 is 0 Å². The van der Waals surface area contributed by atoms with Gasteiger partial charge in [-0.2, -0.15) is 0 Å². The van der Waals surface area contributed by atoms with Crippen LogP contribution in [0.4, 0.5) is 0 Å². The molecule has 3 aromatic rings. The number of benzene rings is 2. The van der Waals surface area contributed by atoms with Crippen LogP contribution < -0.4 is 5.56 Å². The van der Waals surface area contributed by atoms with E-state index in [4.69, 9.17) is 0 Å². The first-order chi connectivity index (χ1) is 12.2. The summed E-state index contributed by atoms with van der Waals surface area (Å²) in [4.78, 5) is 34.7. The Morgan fingerprint density at radius 1 is 1.00 bits per heavy atom. The number of hydrogen-bond donors (Lipinski definition) is 1. The zero-order valence-corrected chi connectivity index (χ0v) is 13.7. The van der Waals surface area contributed by atoms with Gasteiger partial charge >= 0.3 is 0 Å². The molecule has 0 bridgehead atoms. The predicted molar refractivity (Wildman–Crippen MR) is 95.3 cm³/mol. The van der Waals surface area contributed by atoms with E-state index in [1.54, 1.807) is 0 Å². The lowest BCUT2D eigenvalue weighted by atomic mass is 9.92. The van der Waals surface area contributed by atoms with Gasteiger partial charge < -0.3 is 9.88 Å². The van der Waals surface area contributed by atoms with Crippen molar-refractivity contribution in [1.82, 2.24) is 14.9 Å². The normalized spacial score (nSPS) is 17.0. The van der Waals surface area contributed by atoms with Crippen molar-refractivity contribution in [2.45, 2.75) is 31.8 Å². The summed E-state index contributed by atoms with van der Waals surface area (Å²) >= 11 is 0. The molecule has 0 atom stereocenters. The standard InChI is InChI=1S/C20H17N3O2/c24-19-18(21-16-9-1-2-10-17(16)22-19)13-7-4-8-14-15(13)11-23(20(14)25)12-5-3-6-12/h1-2,4,7-10,12H,3,5-6,11H2,(H,22,24). The van der Waals surface area contributed by atoms with Crippen LogP contribution in [0.1, 0.15) is 35.2 Å². The maximum absolute atomic E-state index is 12.7. The molecule has 0 unspecified atom stereocenters. The Bertz CT molecular complexity index is 1070. The van der Waals surface area contributed by atoms with Gasteiger partial charge in [0.15, 0.2) is 0 Å². The molecule has 1 aromatic heterocycles. The van der Waals surface area contributed by atoms with E-state index >= 15 is 0 Å². The Labute approximate surface area is 144 Å². The van der Waals surface area contributed by atoms with Crippen LogP contribution in [-0.2, 0) is 6.54 Å². The van der Waals surface area contributed by atoms with E-state index in [0.717, 1.165) is 35.0 Å². The van der Waals surface area contributed by atoms with Crippen molar-refractivity contribution < 1.29 is 4.79 Å². The molecule has 2 aliphatic rings. The number of aromatic amines is 1. The predicted octanol–water partition coefficient (Wildman–Crippen LogP) is 3.10. The average molecular weight is 331 g/mol. The minimum absolute atomic E-state index is 0.0822. The van der Waals surface area contributed by atoms with Gasteiger partial charge in [-0.3, -0.25) is 9.59 Å². The van der Waals surface area contributed by atoms with E-state index in [0.29, 0.717) is 23.8 Å². The number of para-hydroxylation sites is 2. The van der Waals surface area contributed by atoms with Gasteiger partial charge in [0.2, 0.25) is 0 Å². The summed E-state index contributed by atoms with van der Waals surface area (Å²) in [5, 5.41) is 0. The summed E-state index contributed by atoms with van der Waals surface area (Å²) in [7, 11) is 0. The van der Waals surface area contributed by atoms with E-state index in [1.165, 1.54) is 6.42 Å². The molecule has 2 heterocycles. The highest BCUT2D eigenvalue weighted by Crippen LogP contribution is 2.36. The highest BCUT2D eigenvalue weighted by molar-refractivity contribution is 6.00. The van der Waals surface area contributed by atoms with E-state index < -0.39 is 0 Å². The van der Waals surface area contributed by atoms with E-state index in [1.807, 2.05) is 47.4 Å². The summed E-state index contributed by atoms with van der Waals surface area (Å²) in [5.41, 5.74) is 4.03. The van der Waals surface area contributed by atoms with Crippen LogP contribution in [0.5, 0.6) is 0 Å². The number of carbonyl (C=O) groups is 1. The van der Waals surface area contributed by atoms with Gasteiger partial charge in [-0.05, 0) is 43.0 Å². The fraction of sp³-hybridized carbons (Fsp3) is 0.250. The molecule has 1 aliphatic heterocycles. The molecule has 1 fully saturated rings. The van der Waals surface area contributed by atoms with Crippen molar-refractivity contribution >= 4 is 16.9 Å². The van der Waals surface area contributed by atoms with Crippen molar-refractivity contribution in [3.05, 3.63) is 63.9 Å². The number of hydrogen-bond acceptors (Lipinski definition) is 3. The molecule has 5 rings (SSSR count).